The Labute approximate surface area is 217 Å². The second-order valence-corrected chi connectivity index (χ2v) is 9.82. The van der Waals surface area contributed by atoms with Crippen LogP contribution in [-0.2, 0) is 4.74 Å². The molecule has 8 nitrogen and oxygen atoms in total. The van der Waals surface area contributed by atoms with Crippen LogP contribution in [0.1, 0.15) is 26.7 Å². The number of halogens is 1. The average Bonchev–Trinajstić information content (AvgIpc) is 2.91. The van der Waals surface area contributed by atoms with Crippen molar-refractivity contribution in [1.29, 1.82) is 0 Å². The predicted octanol–water partition coefficient (Wildman–Crippen LogP) is 4.81. The Morgan fingerprint density at radius 1 is 1.03 bits per heavy atom. The van der Waals surface area contributed by atoms with Crippen molar-refractivity contribution in [3.05, 3.63) is 54.9 Å². The maximum atomic E-state index is 14.4. The molecule has 2 saturated heterocycles. The number of piperazine rings is 1. The van der Waals surface area contributed by atoms with Gasteiger partial charge in [-0.05, 0) is 62.9 Å². The minimum absolute atomic E-state index is 0.0779. The van der Waals surface area contributed by atoms with E-state index in [0.717, 1.165) is 64.6 Å². The standard InChI is InChI=1S/C28H34FN5O3/c1-20(2)36-28-23(4-3-9-31-28)24-16-22(29)5-6-25(24)37-26-17-30-19-32-27(26)34-12-10-33(11-13-34)18-21-7-14-35-15-8-21/h3-6,9,16-17,19-21H,7-8,10-15,18H2,1-2H3. The number of aromatic nitrogens is 3. The van der Waals surface area contributed by atoms with Crippen LogP contribution in [0.2, 0.25) is 0 Å². The van der Waals surface area contributed by atoms with E-state index < -0.39 is 0 Å². The molecule has 2 aromatic heterocycles. The lowest BCUT2D eigenvalue weighted by Crippen LogP contribution is -2.48. The summed E-state index contributed by atoms with van der Waals surface area (Å²) in [7, 11) is 0. The van der Waals surface area contributed by atoms with Gasteiger partial charge in [-0.1, -0.05) is 0 Å². The van der Waals surface area contributed by atoms with Gasteiger partial charge in [0.1, 0.15) is 17.9 Å². The molecule has 2 fully saturated rings. The Balaban J connectivity index is 1.35. The third-order valence-corrected chi connectivity index (χ3v) is 6.76. The van der Waals surface area contributed by atoms with E-state index in [1.807, 2.05) is 19.9 Å². The zero-order valence-corrected chi connectivity index (χ0v) is 21.5. The SMILES string of the molecule is CC(C)Oc1ncccc1-c1cc(F)ccc1Oc1cncnc1N1CCN(CC2CCOCC2)CC1. The number of nitrogens with zero attached hydrogens (tertiary/aromatic N) is 5. The summed E-state index contributed by atoms with van der Waals surface area (Å²) in [6, 6.07) is 8.11. The molecule has 2 aliphatic heterocycles. The molecule has 0 spiro atoms. The lowest BCUT2D eigenvalue weighted by atomic mass is 9.99. The van der Waals surface area contributed by atoms with Gasteiger partial charge in [-0.3, -0.25) is 4.90 Å². The molecule has 0 aliphatic carbocycles. The van der Waals surface area contributed by atoms with Crippen molar-refractivity contribution >= 4 is 5.82 Å². The van der Waals surface area contributed by atoms with E-state index in [0.29, 0.717) is 34.4 Å². The highest BCUT2D eigenvalue weighted by Gasteiger charge is 2.25. The van der Waals surface area contributed by atoms with Crippen molar-refractivity contribution in [3.8, 4) is 28.5 Å². The largest absolute Gasteiger partial charge is 0.475 e. The van der Waals surface area contributed by atoms with E-state index in [1.165, 1.54) is 18.5 Å². The molecule has 0 radical (unpaired) electrons. The van der Waals surface area contributed by atoms with Gasteiger partial charge in [-0.25, -0.2) is 19.3 Å². The van der Waals surface area contributed by atoms with Gasteiger partial charge in [0, 0.05) is 63.3 Å². The number of hydrogen-bond donors (Lipinski definition) is 0. The monoisotopic (exact) mass is 507 g/mol. The Morgan fingerprint density at radius 3 is 2.62 bits per heavy atom. The first-order valence-electron chi connectivity index (χ1n) is 13.0. The van der Waals surface area contributed by atoms with E-state index >= 15 is 0 Å². The fourth-order valence-electron chi connectivity index (χ4n) is 4.89. The highest BCUT2D eigenvalue weighted by Crippen LogP contribution is 2.40. The highest BCUT2D eigenvalue weighted by molar-refractivity contribution is 5.75. The van der Waals surface area contributed by atoms with Gasteiger partial charge in [-0.2, -0.15) is 0 Å². The summed E-state index contributed by atoms with van der Waals surface area (Å²) in [6.07, 6.45) is 7.07. The summed E-state index contributed by atoms with van der Waals surface area (Å²) < 4.78 is 32.1. The highest BCUT2D eigenvalue weighted by atomic mass is 19.1. The summed E-state index contributed by atoms with van der Waals surface area (Å²) in [6.45, 7) is 10.4. The molecule has 5 rings (SSSR count). The van der Waals surface area contributed by atoms with Gasteiger partial charge in [0.25, 0.3) is 0 Å². The Kier molecular flexibility index (Phi) is 8.11. The third-order valence-electron chi connectivity index (χ3n) is 6.76. The van der Waals surface area contributed by atoms with Crippen LogP contribution in [0.3, 0.4) is 0 Å². The molecule has 0 bridgehead atoms. The van der Waals surface area contributed by atoms with Crippen LogP contribution in [0.5, 0.6) is 17.4 Å². The van der Waals surface area contributed by atoms with Crippen LogP contribution in [0.15, 0.2) is 49.1 Å². The van der Waals surface area contributed by atoms with Crippen molar-refractivity contribution in [1.82, 2.24) is 19.9 Å². The minimum atomic E-state index is -0.369. The number of anilines is 1. The van der Waals surface area contributed by atoms with Crippen molar-refractivity contribution in [3.63, 3.8) is 0 Å². The minimum Gasteiger partial charge on any atom is -0.475 e. The number of ether oxygens (including phenoxy) is 3. The van der Waals surface area contributed by atoms with Crippen LogP contribution >= 0.6 is 0 Å². The summed E-state index contributed by atoms with van der Waals surface area (Å²) >= 11 is 0. The number of benzene rings is 1. The van der Waals surface area contributed by atoms with E-state index in [2.05, 4.69) is 24.8 Å². The van der Waals surface area contributed by atoms with Crippen molar-refractivity contribution in [2.24, 2.45) is 5.92 Å². The zero-order chi connectivity index (χ0) is 25.6. The Bertz CT molecular complexity index is 1180. The molecular weight excluding hydrogens is 473 g/mol. The summed E-state index contributed by atoms with van der Waals surface area (Å²) in [4.78, 5) is 17.9. The molecule has 37 heavy (non-hydrogen) atoms. The molecule has 0 N–H and O–H groups in total. The second kappa shape index (κ2) is 11.8. The zero-order valence-electron chi connectivity index (χ0n) is 21.5. The molecule has 2 aliphatic rings. The lowest BCUT2D eigenvalue weighted by molar-refractivity contribution is 0.0517. The van der Waals surface area contributed by atoms with Crippen LogP contribution < -0.4 is 14.4 Å². The van der Waals surface area contributed by atoms with Crippen LogP contribution in [0.25, 0.3) is 11.1 Å². The van der Waals surface area contributed by atoms with Gasteiger partial charge >= 0.3 is 0 Å². The molecule has 196 valence electrons. The molecule has 0 saturated carbocycles. The van der Waals surface area contributed by atoms with Gasteiger partial charge < -0.3 is 19.1 Å². The van der Waals surface area contributed by atoms with Crippen LogP contribution in [-0.4, -0.2) is 71.9 Å². The lowest BCUT2D eigenvalue weighted by Gasteiger charge is -2.38. The fourth-order valence-corrected chi connectivity index (χ4v) is 4.89. The van der Waals surface area contributed by atoms with Crippen molar-refractivity contribution in [2.45, 2.75) is 32.8 Å². The topological polar surface area (TPSA) is 72.8 Å². The summed E-state index contributed by atoms with van der Waals surface area (Å²) in [5.41, 5.74) is 1.21. The summed E-state index contributed by atoms with van der Waals surface area (Å²) in [5, 5.41) is 0. The van der Waals surface area contributed by atoms with E-state index in [-0.39, 0.29) is 11.9 Å². The molecule has 0 unspecified atom stereocenters. The molecule has 0 amide bonds. The number of rotatable bonds is 8. The van der Waals surface area contributed by atoms with Crippen LogP contribution in [0.4, 0.5) is 10.2 Å². The van der Waals surface area contributed by atoms with E-state index in [1.54, 1.807) is 24.5 Å². The Hall–Kier alpha value is -3.30. The Morgan fingerprint density at radius 2 is 1.84 bits per heavy atom. The van der Waals surface area contributed by atoms with Gasteiger partial charge in [0.05, 0.1) is 12.3 Å². The molecular formula is C28H34FN5O3. The average molecular weight is 508 g/mol. The first kappa shape index (κ1) is 25.4. The van der Waals surface area contributed by atoms with E-state index in [9.17, 15) is 4.39 Å². The molecule has 0 atom stereocenters. The molecule has 1 aromatic carbocycles. The van der Waals surface area contributed by atoms with Crippen molar-refractivity contribution < 1.29 is 18.6 Å². The first-order valence-corrected chi connectivity index (χ1v) is 13.0. The maximum Gasteiger partial charge on any atom is 0.221 e. The molecule has 4 heterocycles. The predicted molar refractivity (Wildman–Crippen MR) is 140 cm³/mol. The smallest absolute Gasteiger partial charge is 0.221 e. The maximum absolute atomic E-state index is 14.4. The molecule has 3 aromatic rings. The number of hydrogen-bond acceptors (Lipinski definition) is 8. The van der Waals surface area contributed by atoms with Crippen LogP contribution in [0, 0.1) is 11.7 Å². The van der Waals surface area contributed by atoms with Gasteiger partial charge in [0.15, 0.2) is 11.6 Å². The molecule has 9 heteroatoms. The van der Waals surface area contributed by atoms with Gasteiger partial charge in [-0.15, -0.1) is 0 Å². The second-order valence-electron chi connectivity index (χ2n) is 9.82. The fraction of sp³-hybridized carbons (Fsp3) is 0.464. The third kappa shape index (κ3) is 6.34. The van der Waals surface area contributed by atoms with Gasteiger partial charge in [0.2, 0.25) is 5.88 Å². The normalized spacial score (nSPS) is 17.2. The van der Waals surface area contributed by atoms with E-state index in [4.69, 9.17) is 14.2 Å². The quantitative estimate of drug-likeness (QED) is 0.430. The number of pyridine rings is 1. The summed E-state index contributed by atoms with van der Waals surface area (Å²) in [5.74, 6) is 2.53. The first-order chi connectivity index (χ1) is 18.1. The van der Waals surface area contributed by atoms with Crippen molar-refractivity contribution in [2.75, 3.05) is 50.8 Å².